The molecule has 0 bridgehead atoms. The summed E-state index contributed by atoms with van der Waals surface area (Å²) >= 11 is 0. The Kier molecular flexibility index (Phi) is 6.45. The molecule has 0 spiro atoms. The van der Waals surface area contributed by atoms with Crippen molar-refractivity contribution < 1.29 is 9.72 Å². The molecule has 1 aliphatic rings. The lowest BCUT2D eigenvalue weighted by Crippen LogP contribution is -2.32. The van der Waals surface area contributed by atoms with E-state index in [1.54, 1.807) is 24.3 Å². The number of carbonyl (C=O) groups excluding carboxylic acids is 1. The van der Waals surface area contributed by atoms with Gasteiger partial charge in [-0.3, -0.25) is 14.9 Å². The summed E-state index contributed by atoms with van der Waals surface area (Å²) in [5.74, 6) is -0.00319. The summed E-state index contributed by atoms with van der Waals surface area (Å²) < 4.78 is 0. The van der Waals surface area contributed by atoms with Crippen LogP contribution in [0.3, 0.4) is 0 Å². The van der Waals surface area contributed by atoms with Crippen LogP contribution < -0.4 is 10.3 Å². The van der Waals surface area contributed by atoms with Crippen LogP contribution in [-0.4, -0.2) is 40.1 Å². The topological polar surface area (TPSA) is 114 Å². The van der Waals surface area contributed by atoms with E-state index in [0.717, 1.165) is 31.5 Å². The number of aromatic nitrogens is 2. The Hall–Kier alpha value is -4.14. The van der Waals surface area contributed by atoms with Crippen LogP contribution in [0.25, 0.3) is 11.3 Å². The van der Waals surface area contributed by atoms with Crippen molar-refractivity contribution in [2.24, 2.45) is 5.10 Å². The number of amides is 1. The molecule has 0 unspecified atom stereocenters. The first kappa shape index (κ1) is 21.1. The van der Waals surface area contributed by atoms with Crippen molar-refractivity contribution in [1.82, 2.24) is 15.4 Å². The van der Waals surface area contributed by atoms with Crippen LogP contribution in [0.1, 0.15) is 35.3 Å². The van der Waals surface area contributed by atoms with Gasteiger partial charge in [-0.1, -0.05) is 42.5 Å². The highest BCUT2D eigenvalue weighted by atomic mass is 16.6. The van der Waals surface area contributed by atoms with Gasteiger partial charge in [-0.05, 0) is 31.4 Å². The molecular formula is C23H22N6O3. The zero-order valence-corrected chi connectivity index (χ0v) is 17.3. The summed E-state index contributed by atoms with van der Waals surface area (Å²) in [6, 6.07) is 17.4. The van der Waals surface area contributed by atoms with E-state index in [2.05, 4.69) is 20.4 Å². The second-order valence-corrected chi connectivity index (χ2v) is 7.37. The van der Waals surface area contributed by atoms with Crippen LogP contribution in [0.4, 0.5) is 11.6 Å². The predicted octanol–water partition coefficient (Wildman–Crippen LogP) is 3.81. The van der Waals surface area contributed by atoms with Gasteiger partial charge in [0.1, 0.15) is 5.69 Å². The maximum absolute atomic E-state index is 12.8. The number of carbonyl (C=O) groups is 1. The average molecular weight is 430 g/mol. The molecule has 1 saturated heterocycles. The molecular weight excluding hydrogens is 408 g/mol. The molecule has 3 aromatic rings. The zero-order chi connectivity index (χ0) is 22.3. The summed E-state index contributed by atoms with van der Waals surface area (Å²) in [6.07, 6.45) is 4.53. The monoisotopic (exact) mass is 430 g/mol. The maximum Gasteiger partial charge on any atom is 0.290 e. The summed E-state index contributed by atoms with van der Waals surface area (Å²) in [7, 11) is 0. The van der Waals surface area contributed by atoms with Crippen molar-refractivity contribution in [3.05, 3.63) is 82.0 Å². The standard InChI is InChI=1S/C23H22N6O3/c30-22(27-24-16-18-11-5-6-12-21(18)29(31)32)20-15-19(17-9-3-1-4-10-17)25-23(26-20)28-13-7-2-8-14-28/h1,3-6,9-12,15-16H,2,7-8,13-14H2,(H,27,30)/b24-16+. The smallest absolute Gasteiger partial charge is 0.290 e. The van der Waals surface area contributed by atoms with E-state index >= 15 is 0 Å². The number of nitro groups is 1. The normalized spacial score (nSPS) is 13.8. The molecule has 0 atom stereocenters. The minimum Gasteiger partial charge on any atom is -0.341 e. The first-order valence-corrected chi connectivity index (χ1v) is 10.4. The van der Waals surface area contributed by atoms with Crippen molar-refractivity contribution in [1.29, 1.82) is 0 Å². The Labute approximate surface area is 185 Å². The van der Waals surface area contributed by atoms with Gasteiger partial charge in [-0.2, -0.15) is 5.10 Å². The maximum atomic E-state index is 12.8. The molecule has 1 fully saturated rings. The highest BCUT2D eigenvalue weighted by Crippen LogP contribution is 2.23. The number of hydrogen-bond donors (Lipinski definition) is 1. The van der Waals surface area contributed by atoms with Crippen LogP contribution >= 0.6 is 0 Å². The Balaban J connectivity index is 1.60. The van der Waals surface area contributed by atoms with Gasteiger partial charge < -0.3 is 4.90 Å². The highest BCUT2D eigenvalue weighted by Gasteiger charge is 2.19. The minimum absolute atomic E-state index is 0.0914. The van der Waals surface area contributed by atoms with E-state index in [1.165, 1.54) is 18.7 Å². The predicted molar refractivity (Wildman–Crippen MR) is 122 cm³/mol. The molecule has 1 aromatic heterocycles. The van der Waals surface area contributed by atoms with E-state index in [-0.39, 0.29) is 11.4 Å². The Bertz CT molecular complexity index is 1140. The van der Waals surface area contributed by atoms with Gasteiger partial charge in [0.15, 0.2) is 0 Å². The molecule has 0 radical (unpaired) electrons. The lowest BCUT2D eigenvalue weighted by atomic mass is 10.1. The molecule has 1 aliphatic heterocycles. The fourth-order valence-corrected chi connectivity index (χ4v) is 3.52. The summed E-state index contributed by atoms with van der Waals surface area (Å²) in [6.45, 7) is 1.68. The molecule has 32 heavy (non-hydrogen) atoms. The number of nitrogens with one attached hydrogen (secondary N) is 1. The average Bonchev–Trinajstić information content (AvgIpc) is 2.85. The van der Waals surface area contributed by atoms with E-state index in [4.69, 9.17) is 4.98 Å². The molecule has 162 valence electrons. The van der Waals surface area contributed by atoms with Gasteiger partial charge in [0.2, 0.25) is 5.95 Å². The molecule has 1 amide bonds. The number of nitro benzene ring substituents is 1. The van der Waals surface area contributed by atoms with Gasteiger partial charge in [-0.15, -0.1) is 0 Å². The van der Waals surface area contributed by atoms with Crippen molar-refractivity contribution in [2.75, 3.05) is 18.0 Å². The van der Waals surface area contributed by atoms with Gasteiger partial charge in [0, 0.05) is 24.7 Å². The lowest BCUT2D eigenvalue weighted by Gasteiger charge is -2.27. The molecule has 9 heteroatoms. The third-order valence-corrected chi connectivity index (χ3v) is 5.16. The molecule has 1 N–H and O–H groups in total. The number of rotatable bonds is 6. The number of nitrogens with zero attached hydrogens (tertiary/aromatic N) is 5. The van der Waals surface area contributed by atoms with E-state index < -0.39 is 10.8 Å². The fourth-order valence-electron chi connectivity index (χ4n) is 3.52. The van der Waals surface area contributed by atoms with Gasteiger partial charge >= 0.3 is 0 Å². The van der Waals surface area contributed by atoms with Crippen molar-refractivity contribution >= 4 is 23.8 Å². The third kappa shape index (κ3) is 4.94. The zero-order valence-electron chi connectivity index (χ0n) is 17.3. The van der Waals surface area contributed by atoms with Crippen LogP contribution in [-0.2, 0) is 0 Å². The lowest BCUT2D eigenvalue weighted by molar-refractivity contribution is -0.385. The van der Waals surface area contributed by atoms with Gasteiger partial charge in [-0.25, -0.2) is 15.4 Å². The number of hydrazone groups is 1. The first-order chi connectivity index (χ1) is 15.6. The SMILES string of the molecule is O=C(N/N=C/c1ccccc1[N+](=O)[O-])c1cc(-c2ccccc2)nc(N2CCCCC2)n1. The minimum atomic E-state index is -0.516. The van der Waals surface area contributed by atoms with Crippen molar-refractivity contribution in [2.45, 2.75) is 19.3 Å². The number of piperidine rings is 1. The van der Waals surface area contributed by atoms with E-state index in [1.807, 2.05) is 30.3 Å². The van der Waals surface area contributed by atoms with Crippen molar-refractivity contribution in [3.8, 4) is 11.3 Å². The number of anilines is 1. The molecule has 2 heterocycles. The Morgan fingerprint density at radius 2 is 1.75 bits per heavy atom. The van der Waals surface area contributed by atoms with Gasteiger partial charge in [0.25, 0.3) is 11.6 Å². The van der Waals surface area contributed by atoms with Crippen molar-refractivity contribution in [3.63, 3.8) is 0 Å². The highest BCUT2D eigenvalue weighted by molar-refractivity contribution is 5.94. The molecule has 2 aromatic carbocycles. The molecule has 9 nitrogen and oxygen atoms in total. The van der Waals surface area contributed by atoms with Crippen LogP contribution in [0.5, 0.6) is 0 Å². The quantitative estimate of drug-likeness (QED) is 0.361. The Morgan fingerprint density at radius 1 is 1.03 bits per heavy atom. The number of para-hydroxylation sites is 1. The summed E-state index contributed by atoms with van der Waals surface area (Å²) in [4.78, 5) is 34.7. The van der Waals surface area contributed by atoms with Crippen LogP contribution in [0.2, 0.25) is 0 Å². The second-order valence-electron chi connectivity index (χ2n) is 7.37. The summed E-state index contributed by atoms with van der Waals surface area (Å²) in [5, 5.41) is 15.0. The second kappa shape index (κ2) is 9.78. The number of hydrogen-bond acceptors (Lipinski definition) is 7. The first-order valence-electron chi connectivity index (χ1n) is 10.4. The molecule has 0 aliphatic carbocycles. The van der Waals surface area contributed by atoms with Crippen LogP contribution in [0.15, 0.2) is 65.8 Å². The Morgan fingerprint density at radius 3 is 2.50 bits per heavy atom. The van der Waals surface area contributed by atoms with Crippen LogP contribution in [0, 0.1) is 10.1 Å². The van der Waals surface area contributed by atoms with E-state index in [9.17, 15) is 14.9 Å². The fraction of sp³-hybridized carbons (Fsp3) is 0.217. The summed E-state index contributed by atoms with van der Waals surface area (Å²) in [5.41, 5.74) is 4.33. The van der Waals surface area contributed by atoms with Gasteiger partial charge in [0.05, 0.1) is 22.4 Å². The largest absolute Gasteiger partial charge is 0.341 e. The molecule has 4 rings (SSSR count). The molecule has 0 saturated carbocycles. The van der Waals surface area contributed by atoms with E-state index in [0.29, 0.717) is 17.2 Å². The number of benzene rings is 2. The third-order valence-electron chi connectivity index (χ3n) is 5.16.